The van der Waals surface area contributed by atoms with Gasteiger partial charge in [0.05, 0.1) is 0 Å². The number of nitrogens with one attached hydrogen (secondary N) is 1. The Morgan fingerprint density at radius 2 is 1.87 bits per heavy atom. The maximum Gasteiger partial charge on any atom is 0.193 e. The Bertz CT molecular complexity index is 605. The highest BCUT2D eigenvalue weighted by Crippen LogP contribution is 2.07. The lowest BCUT2D eigenvalue weighted by Gasteiger charge is -2.22. The number of guanidine groups is 1. The van der Waals surface area contributed by atoms with Gasteiger partial charge in [0.1, 0.15) is 0 Å². The second-order valence-electron chi connectivity index (χ2n) is 5.57. The van der Waals surface area contributed by atoms with E-state index in [0.29, 0.717) is 0 Å². The van der Waals surface area contributed by atoms with Crippen molar-refractivity contribution in [3.63, 3.8) is 0 Å². The Balaban J connectivity index is 1.84. The van der Waals surface area contributed by atoms with Crippen LogP contribution >= 0.6 is 0 Å². The topological polar surface area (TPSA) is 40.5 Å². The van der Waals surface area contributed by atoms with Crippen LogP contribution in [0.15, 0.2) is 53.7 Å². The molecular formula is C19H26N4. The molecule has 2 rings (SSSR count). The summed E-state index contributed by atoms with van der Waals surface area (Å²) < 4.78 is 0. The molecule has 0 amide bonds. The van der Waals surface area contributed by atoms with Crippen molar-refractivity contribution < 1.29 is 0 Å². The first-order chi connectivity index (χ1) is 11.2. The normalized spacial score (nSPS) is 11.3. The van der Waals surface area contributed by atoms with Crippen molar-refractivity contribution in [2.75, 3.05) is 20.6 Å². The fraction of sp³-hybridized carbons (Fsp3) is 0.368. The molecule has 1 aromatic carbocycles. The summed E-state index contributed by atoms with van der Waals surface area (Å²) in [5.41, 5.74) is 3.75. The first kappa shape index (κ1) is 17.0. The van der Waals surface area contributed by atoms with E-state index in [2.05, 4.69) is 58.4 Å². The standard InChI is InChI=1S/C19H26N4/c1-4-16-8-10-17(11-9-16)15-23(3)19(20-2)22-14-12-18-7-5-6-13-21-18/h5-11,13H,4,12,14-15H2,1-3H3,(H,20,22). The van der Waals surface area contributed by atoms with Gasteiger partial charge in [-0.3, -0.25) is 9.98 Å². The molecule has 0 atom stereocenters. The predicted molar refractivity (Wildman–Crippen MR) is 96.6 cm³/mol. The number of pyridine rings is 1. The van der Waals surface area contributed by atoms with Crippen molar-refractivity contribution in [2.24, 2.45) is 4.99 Å². The second kappa shape index (κ2) is 8.93. The van der Waals surface area contributed by atoms with Crippen molar-refractivity contribution in [1.82, 2.24) is 15.2 Å². The predicted octanol–water partition coefficient (Wildman–Crippen LogP) is 2.89. The largest absolute Gasteiger partial charge is 0.356 e. The Morgan fingerprint density at radius 3 is 2.48 bits per heavy atom. The van der Waals surface area contributed by atoms with Crippen LogP contribution in [0, 0.1) is 0 Å². The molecular weight excluding hydrogens is 284 g/mol. The smallest absolute Gasteiger partial charge is 0.193 e. The van der Waals surface area contributed by atoms with Gasteiger partial charge in [0, 0.05) is 45.5 Å². The van der Waals surface area contributed by atoms with Gasteiger partial charge in [-0.1, -0.05) is 37.3 Å². The van der Waals surface area contributed by atoms with E-state index in [4.69, 9.17) is 0 Å². The van der Waals surface area contributed by atoms with Crippen LogP contribution in [0.25, 0.3) is 0 Å². The van der Waals surface area contributed by atoms with Gasteiger partial charge in [0.2, 0.25) is 0 Å². The van der Waals surface area contributed by atoms with Crippen LogP contribution in [-0.4, -0.2) is 36.5 Å². The van der Waals surface area contributed by atoms with Crippen molar-refractivity contribution in [2.45, 2.75) is 26.3 Å². The van der Waals surface area contributed by atoms with E-state index in [-0.39, 0.29) is 0 Å². The zero-order valence-electron chi connectivity index (χ0n) is 14.3. The van der Waals surface area contributed by atoms with E-state index in [1.807, 2.05) is 31.4 Å². The average molecular weight is 310 g/mol. The van der Waals surface area contributed by atoms with Crippen molar-refractivity contribution in [3.8, 4) is 0 Å². The SMILES string of the molecule is CCc1ccc(CN(C)C(=NC)NCCc2ccccn2)cc1. The Hall–Kier alpha value is -2.36. The molecule has 0 unspecified atom stereocenters. The quantitative estimate of drug-likeness (QED) is 0.659. The summed E-state index contributed by atoms with van der Waals surface area (Å²) in [5, 5.41) is 3.40. The molecule has 2 aromatic rings. The number of hydrogen-bond acceptors (Lipinski definition) is 2. The van der Waals surface area contributed by atoms with E-state index in [1.165, 1.54) is 11.1 Å². The van der Waals surface area contributed by atoms with Gasteiger partial charge in [-0.15, -0.1) is 0 Å². The molecule has 1 heterocycles. The lowest BCUT2D eigenvalue weighted by molar-refractivity contribution is 0.477. The third-order valence-electron chi connectivity index (χ3n) is 3.81. The maximum atomic E-state index is 4.36. The molecule has 1 aromatic heterocycles. The highest BCUT2D eigenvalue weighted by atomic mass is 15.3. The third-order valence-corrected chi connectivity index (χ3v) is 3.81. The molecule has 122 valence electrons. The molecule has 0 saturated carbocycles. The summed E-state index contributed by atoms with van der Waals surface area (Å²) in [4.78, 5) is 10.8. The van der Waals surface area contributed by atoms with E-state index >= 15 is 0 Å². The molecule has 0 aliphatic rings. The molecule has 0 aliphatic carbocycles. The molecule has 0 fully saturated rings. The molecule has 4 heteroatoms. The number of benzene rings is 1. The molecule has 0 saturated heterocycles. The number of aromatic nitrogens is 1. The zero-order chi connectivity index (χ0) is 16.5. The van der Waals surface area contributed by atoms with Gasteiger partial charge < -0.3 is 10.2 Å². The zero-order valence-corrected chi connectivity index (χ0v) is 14.3. The second-order valence-corrected chi connectivity index (χ2v) is 5.57. The van der Waals surface area contributed by atoms with E-state index in [1.54, 1.807) is 0 Å². The van der Waals surface area contributed by atoms with Crippen LogP contribution in [0.3, 0.4) is 0 Å². The summed E-state index contributed by atoms with van der Waals surface area (Å²) in [5.74, 6) is 0.903. The van der Waals surface area contributed by atoms with Crippen molar-refractivity contribution >= 4 is 5.96 Å². The van der Waals surface area contributed by atoms with Gasteiger partial charge in [0.25, 0.3) is 0 Å². The van der Waals surface area contributed by atoms with Gasteiger partial charge in [0.15, 0.2) is 5.96 Å². The molecule has 0 aliphatic heterocycles. The van der Waals surface area contributed by atoms with Crippen LogP contribution in [0.5, 0.6) is 0 Å². The first-order valence-electron chi connectivity index (χ1n) is 8.12. The van der Waals surface area contributed by atoms with Crippen LogP contribution in [0.1, 0.15) is 23.7 Å². The molecule has 0 bridgehead atoms. The van der Waals surface area contributed by atoms with Crippen LogP contribution in [-0.2, 0) is 19.4 Å². The fourth-order valence-corrected chi connectivity index (χ4v) is 2.46. The van der Waals surface area contributed by atoms with Crippen LogP contribution < -0.4 is 5.32 Å². The highest BCUT2D eigenvalue weighted by Gasteiger charge is 2.06. The summed E-state index contributed by atoms with van der Waals surface area (Å²) in [6.45, 7) is 3.84. The molecule has 1 N–H and O–H groups in total. The van der Waals surface area contributed by atoms with Crippen LogP contribution in [0.4, 0.5) is 0 Å². The minimum absolute atomic E-state index is 0.822. The number of aliphatic imine (C=N–C) groups is 1. The number of aryl methyl sites for hydroxylation is 1. The number of nitrogens with zero attached hydrogens (tertiary/aromatic N) is 3. The van der Waals surface area contributed by atoms with Gasteiger partial charge in [-0.05, 0) is 29.7 Å². The van der Waals surface area contributed by atoms with E-state index in [0.717, 1.165) is 37.6 Å². The minimum Gasteiger partial charge on any atom is -0.356 e. The monoisotopic (exact) mass is 310 g/mol. The molecule has 23 heavy (non-hydrogen) atoms. The summed E-state index contributed by atoms with van der Waals surface area (Å²) >= 11 is 0. The van der Waals surface area contributed by atoms with Crippen molar-refractivity contribution in [3.05, 3.63) is 65.5 Å². The maximum absolute atomic E-state index is 4.36. The Morgan fingerprint density at radius 1 is 1.13 bits per heavy atom. The molecule has 0 radical (unpaired) electrons. The first-order valence-corrected chi connectivity index (χ1v) is 8.12. The fourth-order valence-electron chi connectivity index (χ4n) is 2.46. The van der Waals surface area contributed by atoms with Crippen molar-refractivity contribution in [1.29, 1.82) is 0 Å². The van der Waals surface area contributed by atoms with E-state index in [9.17, 15) is 0 Å². The Labute approximate surface area is 139 Å². The van der Waals surface area contributed by atoms with Gasteiger partial charge in [-0.25, -0.2) is 0 Å². The summed E-state index contributed by atoms with van der Waals surface area (Å²) in [6, 6.07) is 14.8. The molecule has 4 nitrogen and oxygen atoms in total. The van der Waals surface area contributed by atoms with Crippen LogP contribution in [0.2, 0.25) is 0 Å². The number of hydrogen-bond donors (Lipinski definition) is 1. The molecule has 0 spiro atoms. The van der Waals surface area contributed by atoms with Gasteiger partial charge in [-0.2, -0.15) is 0 Å². The minimum atomic E-state index is 0.822. The lowest BCUT2D eigenvalue weighted by atomic mass is 10.1. The summed E-state index contributed by atoms with van der Waals surface area (Å²) in [6.07, 6.45) is 3.79. The number of rotatable bonds is 6. The van der Waals surface area contributed by atoms with E-state index < -0.39 is 0 Å². The summed E-state index contributed by atoms with van der Waals surface area (Å²) in [7, 11) is 3.88. The third kappa shape index (κ3) is 5.40. The Kier molecular flexibility index (Phi) is 6.60. The van der Waals surface area contributed by atoms with Gasteiger partial charge >= 0.3 is 0 Å². The average Bonchev–Trinajstić information content (AvgIpc) is 2.60. The lowest BCUT2D eigenvalue weighted by Crippen LogP contribution is -2.39. The highest BCUT2D eigenvalue weighted by molar-refractivity contribution is 5.79.